The van der Waals surface area contributed by atoms with Gasteiger partial charge < -0.3 is 19.5 Å². The van der Waals surface area contributed by atoms with Crippen molar-refractivity contribution in [1.82, 2.24) is 4.90 Å². The first kappa shape index (κ1) is 24.9. The smallest absolute Gasteiger partial charge is 0.410 e. The number of aryl methyl sites for hydroxylation is 4. The summed E-state index contributed by atoms with van der Waals surface area (Å²) in [5.74, 6) is 1.35. The largest absolute Gasteiger partial charge is 0.507 e. The minimum absolute atomic E-state index is 0.225. The summed E-state index contributed by atoms with van der Waals surface area (Å²) in [5.41, 5.74) is 6.57. The molecule has 0 aromatic heterocycles. The van der Waals surface area contributed by atoms with Gasteiger partial charge in [0.05, 0.1) is 6.54 Å². The first-order valence-electron chi connectivity index (χ1n) is 12.2. The third kappa shape index (κ3) is 4.97. The van der Waals surface area contributed by atoms with E-state index in [1.165, 1.54) is 22.3 Å². The molecule has 1 amide bonds. The molecule has 0 saturated carbocycles. The molecule has 0 spiro atoms. The molecule has 1 heterocycles. The summed E-state index contributed by atoms with van der Waals surface area (Å²) < 4.78 is 11.6. The number of rotatable bonds is 9. The number of aromatic hydroxyl groups is 1. The van der Waals surface area contributed by atoms with Gasteiger partial charge in [-0.05, 0) is 59.1 Å². The summed E-state index contributed by atoms with van der Waals surface area (Å²) in [5, 5.41) is 10.6. The van der Waals surface area contributed by atoms with Gasteiger partial charge in [-0.15, -0.1) is 0 Å². The Morgan fingerprint density at radius 2 is 1.39 bits per heavy atom. The number of carbonyl (C=O) groups excluding carboxylic acids is 1. The Hall–Kier alpha value is -2.69. The number of phenols is 1. The van der Waals surface area contributed by atoms with Gasteiger partial charge in [-0.25, -0.2) is 4.79 Å². The molecule has 1 N–H and O–H groups in total. The highest BCUT2D eigenvalue weighted by molar-refractivity contribution is 5.69. The van der Waals surface area contributed by atoms with Gasteiger partial charge in [0.2, 0.25) is 0 Å². The number of likely N-dealkylation sites (N-methyl/N-ethyl adjacent to an activating group) is 1. The van der Waals surface area contributed by atoms with Gasteiger partial charge in [-0.3, -0.25) is 0 Å². The maximum absolute atomic E-state index is 11.7. The molecule has 1 unspecified atom stereocenters. The number of nitrogens with zero attached hydrogens (tertiary/aromatic N) is 1. The number of hydrogen-bond acceptors (Lipinski definition) is 4. The number of carbonyl (C=O) groups is 1. The van der Waals surface area contributed by atoms with Crippen LogP contribution >= 0.6 is 0 Å². The fraction of sp³-hybridized carbons (Fsp3) is 0.536. The van der Waals surface area contributed by atoms with E-state index >= 15 is 0 Å². The second-order valence-corrected chi connectivity index (χ2v) is 9.50. The van der Waals surface area contributed by atoms with Gasteiger partial charge >= 0.3 is 6.09 Å². The van der Waals surface area contributed by atoms with Crippen LogP contribution in [-0.4, -0.2) is 42.4 Å². The Bertz CT molecular complexity index is 961. The summed E-state index contributed by atoms with van der Waals surface area (Å²) in [6.07, 6.45) is 2.77. The van der Waals surface area contributed by atoms with Crippen LogP contribution in [0.2, 0.25) is 0 Å². The number of benzene rings is 2. The Labute approximate surface area is 198 Å². The van der Waals surface area contributed by atoms with Crippen molar-refractivity contribution < 1.29 is 19.4 Å². The SMILES string of the molecule is CCc1cc(C(C)(C)c2cc(CC)c(OCC3CN(C)C(=O)O3)c(CC)c2)cc(CC)c1O. The second kappa shape index (κ2) is 10.1. The molecule has 3 rings (SSSR count). The molecule has 5 nitrogen and oxygen atoms in total. The summed E-state index contributed by atoms with van der Waals surface area (Å²) >= 11 is 0. The molecule has 1 aliphatic rings. The van der Waals surface area contributed by atoms with Crippen LogP contribution < -0.4 is 4.74 Å². The Balaban J connectivity index is 1.97. The van der Waals surface area contributed by atoms with Gasteiger partial charge in [-0.2, -0.15) is 0 Å². The summed E-state index contributed by atoms with van der Waals surface area (Å²) in [6, 6.07) is 8.82. The lowest BCUT2D eigenvalue weighted by atomic mass is 9.75. The Kier molecular flexibility index (Phi) is 7.61. The van der Waals surface area contributed by atoms with Crippen LogP contribution in [0.1, 0.15) is 74.9 Å². The Morgan fingerprint density at radius 3 is 1.79 bits per heavy atom. The van der Waals surface area contributed by atoms with Crippen LogP contribution in [0, 0.1) is 0 Å². The average molecular weight is 454 g/mol. The van der Waals surface area contributed by atoms with Crippen molar-refractivity contribution in [3.8, 4) is 11.5 Å². The zero-order valence-corrected chi connectivity index (χ0v) is 21.2. The highest BCUT2D eigenvalue weighted by Gasteiger charge is 2.30. The van der Waals surface area contributed by atoms with Crippen LogP contribution in [0.15, 0.2) is 24.3 Å². The average Bonchev–Trinajstić information content (AvgIpc) is 3.13. The lowest BCUT2D eigenvalue weighted by Crippen LogP contribution is -2.24. The van der Waals surface area contributed by atoms with Crippen molar-refractivity contribution >= 4 is 6.09 Å². The summed E-state index contributed by atoms with van der Waals surface area (Å²) in [4.78, 5) is 13.3. The molecule has 5 heteroatoms. The number of hydrogen-bond donors (Lipinski definition) is 1. The predicted octanol–water partition coefficient (Wildman–Crippen LogP) is 5.80. The van der Waals surface area contributed by atoms with Crippen LogP contribution in [0.4, 0.5) is 4.79 Å². The molecule has 1 fully saturated rings. The van der Waals surface area contributed by atoms with E-state index in [2.05, 4.69) is 65.8 Å². The zero-order valence-electron chi connectivity index (χ0n) is 21.2. The molecule has 0 aliphatic carbocycles. The molecule has 0 radical (unpaired) electrons. The molecular weight excluding hydrogens is 414 g/mol. The normalized spacial score (nSPS) is 16.3. The van der Waals surface area contributed by atoms with E-state index in [4.69, 9.17) is 9.47 Å². The topological polar surface area (TPSA) is 59.0 Å². The van der Waals surface area contributed by atoms with E-state index < -0.39 is 0 Å². The quantitative estimate of drug-likeness (QED) is 0.521. The van der Waals surface area contributed by atoms with Crippen molar-refractivity contribution in [2.45, 2.75) is 78.7 Å². The number of phenolic OH excluding ortho intramolecular Hbond substituents is 1. The standard InChI is InChI=1S/C28H39NO4/c1-8-18-12-22(13-19(9-2)25(18)30)28(5,6)23-14-20(10-3)26(21(11-4)15-23)32-17-24-16-29(7)27(31)33-24/h12-15,24,30H,8-11,16-17H2,1-7H3. The summed E-state index contributed by atoms with van der Waals surface area (Å²) in [6.45, 7) is 13.9. The first-order chi connectivity index (χ1) is 15.7. The van der Waals surface area contributed by atoms with Crippen molar-refractivity contribution in [2.24, 2.45) is 0 Å². The molecule has 1 saturated heterocycles. The fourth-order valence-electron chi connectivity index (χ4n) is 4.57. The van der Waals surface area contributed by atoms with Crippen LogP contribution in [-0.2, 0) is 35.8 Å². The van der Waals surface area contributed by atoms with E-state index in [-0.39, 0.29) is 17.6 Å². The lowest BCUT2D eigenvalue weighted by molar-refractivity contribution is 0.102. The van der Waals surface area contributed by atoms with E-state index in [1.807, 2.05) is 0 Å². The van der Waals surface area contributed by atoms with E-state index in [0.717, 1.165) is 42.6 Å². The molecular formula is C28H39NO4. The zero-order chi connectivity index (χ0) is 24.3. The third-order valence-corrected chi connectivity index (χ3v) is 6.95. The molecule has 1 aliphatic heterocycles. The predicted molar refractivity (Wildman–Crippen MR) is 133 cm³/mol. The molecule has 0 bridgehead atoms. The van der Waals surface area contributed by atoms with Crippen LogP contribution in [0.25, 0.3) is 0 Å². The number of cyclic esters (lactones) is 1. The van der Waals surface area contributed by atoms with Crippen LogP contribution in [0.3, 0.4) is 0 Å². The molecule has 2 aromatic rings. The van der Waals surface area contributed by atoms with Gasteiger partial charge in [0.25, 0.3) is 0 Å². The van der Waals surface area contributed by atoms with E-state index in [1.54, 1.807) is 11.9 Å². The van der Waals surface area contributed by atoms with Crippen molar-refractivity contribution in [2.75, 3.05) is 20.2 Å². The maximum atomic E-state index is 11.7. The van der Waals surface area contributed by atoms with Crippen LogP contribution in [0.5, 0.6) is 11.5 Å². The molecule has 33 heavy (non-hydrogen) atoms. The van der Waals surface area contributed by atoms with Crippen molar-refractivity contribution in [3.63, 3.8) is 0 Å². The highest BCUT2D eigenvalue weighted by Crippen LogP contribution is 2.39. The third-order valence-electron chi connectivity index (χ3n) is 6.95. The minimum atomic E-state index is -0.293. The summed E-state index contributed by atoms with van der Waals surface area (Å²) in [7, 11) is 1.74. The maximum Gasteiger partial charge on any atom is 0.410 e. The minimum Gasteiger partial charge on any atom is -0.507 e. The van der Waals surface area contributed by atoms with Crippen molar-refractivity contribution in [1.29, 1.82) is 0 Å². The molecule has 2 aromatic carbocycles. The first-order valence-corrected chi connectivity index (χ1v) is 12.2. The van der Waals surface area contributed by atoms with Gasteiger partial charge in [0.1, 0.15) is 18.1 Å². The second-order valence-electron chi connectivity index (χ2n) is 9.50. The van der Waals surface area contributed by atoms with E-state index in [9.17, 15) is 9.90 Å². The lowest BCUT2D eigenvalue weighted by Gasteiger charge is -2.30. The Morgan fingerprint density at radius 1 is 0.939 bits per heavy atom. The van der Waals surface area contributed by atoms with E-state index in [0.29, 0.717) is 18.9 Å². The van der Waals surface area contributed by atoms with Gasteiger partial charge in [0, 0.05) is 12.5 Å². The number of amides is 1. The van der Waals surface area contributed by atoms with Gasteiger partial charge in [0.15, 0.2) is 6.10 Å². The molecule has 1 atom stereocenters. The molecule has 180 valence electrons. The monoisotopic (exact) mass is 453 g/mol. The number of ether oxygens (including phenoxy) is 2. The van der Waals surface area contributed by atoms with Crippen molar-refractivity contribution in [3.05, 3.63) is 57.6 Å². The fourth-order valence-corrected chi connectivity index (χ4v) is 4.57. The highest BCUT2D eigenvalue weighted by atomic mass is 16.6. The van der Waals surface area contributed by atoms with Gasteiger partial charge in [-0.1, -0.05) is 65.8 Å².